The molecule has 0 fully saturated rings. The Morgan fingerprint density at radius 1 is 0.909 bits per heavy atom. The molecule has 2 atom stereocenters. The molecule has 2 N–H and O–H groups in total. The Hall–Kier alpha value is -4.26. The molecule has 4 aromatic rings. The van der Waals surface area contributed by atoms with Gasteiger partial charge in [0.15, 0.2) is 5.58 Å². The van der Waals surface area contributed by atoms with Crippen molar-refractivity contribution < 1.29 is 9.21 Å². The summed E-state index contributed by atoms with van der Waals surface area (Å²) in [4.78, 5) is 27.1. The number of guanidine groups is 1. The number of aryl methyl sites for hydroxylation is 1. The molecule has 0 aliphatic carbocycles. The van der Waals surface area contributed by atoms with Crippen molar-refractivity contribution in [2.75, 3.05) is 10.6 Å². The van der Waals surface area contributed by atoms with Crippen LogP contribution in [0.4, 0.5) is 11.7 Å². The molecule has 0 saturated carbocycles. The molecule has 0 spiro atoms. The summed E-state index contributed by atoms with van der Waals surface area (Å²) in [6.45, 7) is 3.87. The largest absolute Gasteiger partial charge is 0.423 e. The van der Waals surface area contributed by atoms with Gasteiger partial charge in [0.1, 0.15) is 11.4 Å². The smallest absolute Gasteiger partial charge is 0.302 e. The van der Waals surface area contributed by atoms with Crippen LogP contribution in [0.2, 0.25) is 0 Å². The van der Waals surface area contributed by atoms with Crippen LogP contribution in [-0.4, -0.2) is 22.6 Å². The number of para-hydroxylation sites is 3. The molecule has 0 radical (unpaired) electrons. The number of hydrogen-bond acceptors (Lipinski definition) is 6. The fraction of sp³-hybridized carbons (Fsp3) is 0.154. The van der Waals surface area contributed by atoms with E-state index in [1.165, 1.54) is 0 Å². The van der Waals surface area contributed by atoms with Gasteiger partial charge in [0.05, 0.1) is 6.04 Å². The topological polar surface area (TPSA) is 91.9 Å². The second kappa shape index (κ2) is 8.70. The van der Waals surface area contributed by atoms with Crippen LogP contribution in [0.15, 0.2) is 93.3 Å². The molecule has 0 bridgehead atoms. The Morgan fingerprint density at radius 3 is 2.39 bits per heavy atom. The third-order valence-corrected chi connectivity index (χ3v) is 5.56. The van der Waals surface area contributed by atoms with Gasteiger partial charge in [-0.1, -0.05) is 60.2 Å². The molecular formula is C26H23N5O2. The number of carbonyl (C=O) groups is 1. The highest BCUT2D eigenvalue weighted by Gasteiger charge is 2.35. The van der Waals surface area contributed by atoms with Crippen LogP contribution in [0.3, 0.4) is 0 Å². The SMILES string of the molecule is CC1=NC(Nc2nc3ccccc3o2)=NC(c2ccc(C)cc2)C1C(=O)Nc1ccccc1. The van der Waals surface area contributed by atoms with Crippen molar-refractivity contribution >= 4 is 40.4 Å². The van der Waals surface area contributed by atoms with Crippen LogP contribution < -0.4 is 10.6 Å². The van der Waals surface area contributed by atoms with Crippen LogP contribution in [0.1, 0.15) is 24.1 Å². The molecule has 164 valence electrons. The lowest BCUT2D eigenvalue weighted by Gasteiger charge is -2.27. The average Bonchev–Trinajstić information content (AvgIpc) is 3.22. The van der Waals surface area contributed by atoms with E-state index in [-0.39, 0.29) is 5.91 Å². The summed E-state index contributed by atoms with van der Waals surface area (Å²) < 4.78 is 5.76. The Kier molecular flexibility index (Phi) is 5.44. The molecule has 1 aromatic heterocycles. The highest BCUT2D eigenvalue weighted by Crippen LogP contribution is 2.32. The minimum atomic E-state index is -0.554. The summed E-state index contributed by atoms with van der Waals surface area (Å²) in [6, 6.07) is 24.8. The molecule has 1 amide bonds. The number of rotatable bonds is 4. The summed E-state index contributed by atoms with van der Waals surface area (Å²) in [6.07, 6.45) is 0. The van der Waals surface area contributed by atoms with Crippen LogP contribution in [-0.2, 0) is 4.79 Å². The minimum Gasteiger partial charge on any atom is -0.423 e. The lowest BCUT2D eigenvalue weighted by molar-refractivity contribution is -0.118. The molecular weight excluding hydrogens is 414 g/mol. The third-order valence-electron chi connectivity index (χ3n) is 5.56. The molecule has 0 saturated heterocycles. The van der Waals surface area contributed by atoms with Gasteiger partial charge < -0.3 is 9.73 Å². The van der Waals surface area contributed by atoms with Gasteiger partial charge >= 0.3 is 6.01 Å². The molecule has 2 unspecified atom stereocenters. The van der Waals surface area contributed by atoms with Gasteiger partial charge in [-0.15, -0.1) is 0 Å². The highest BCUT2D eigenvalue weighted by atomic mass is 16.4. The Labute approximate surface area is 191 Å². The summed E-state index contributed by atoms with van der Waals surface area (Å²) in [5.74, 6) is -0.354. The van der Waals surface area contributed by atoms with E-state index in [1.54, 1.807) is 0 Å². The predicted molar refractivity (Wildman–Crippen MR) is 131 cm³/mol. The van der Waals surface area contributed by atoms with E-state index in [2.05, 4.69) is 20.6 Å². The number of nitrogens with one attached hydrogen (secondary N) is 2. The van der Waals surface area contributed by atoms with E-state index >= 15 is 0 Å². The first-order valence-corrected chi connectivity index (χ1v) is 10.7. The van der Waals surface area contributed by atoms with Gasteiger partial charge in [0.2, 0.25) is 11.9 Å². The van der Waals surface area contributed by atoms with Gasteiger partial charge in [-0.25, -0.2) is 9.98 Å². The second-order valence-corrected chi connectivity index (χ2v) is 8.01. The van der Waals surface area contributed by atoms with Crippen molar-refractivity contribution in [3.63, 3.8) is 0 Å². The quantitative estimate of drug-likeness (QED) is 0.449. The lowest BCUT2D eigenvalue weighted by Crippen LogP contribution is -2.37. The molecule has 3 aromatic carbocycles. The summed E-state index contributed by atoms with van der Waals surface area (Å²) in [7, 11) is 0. The van der Waals surface area contributed by atoms with E-state index in [0.29, 0.717) is 23.3 Å². The molecule has 7 nitrogen and oxygen atoms in total. The van der Waals surface area contributed by atoms with Crippen molar-refractivity contribution in [1.29, 1.82) is 0 Å². The molecule has 7 heteroatoms. The molecule has 2 heterocycles. The maximum atomic E-state index is 13.3. The average molecular weight is 438 g/mol. The number of amides is 1. The number of anilines is 2. The van der Waals surface area contributed by atoms with Gasteiger partial charge in [-0.3, -0.25) is 10.1 Å². The monoisotopic (exact) mass is 437 g/mol. The second-order valence-electron chi connectivity index (χ2n) is 8.01. The zero-order chi connectivity index (χ0) is 22.8. The van der Waals surface area contributed by atoms with E-state index in [0.717, 1.165) is 22.3 Å². The Morgan fingerprint density at radius 2 is 1.64 bits per heavy atom. The van der Waals surface area contributed by atoms with Gasteiger partial charge in [-0.2, -0.15) is 4.98 Å². The zero-order valence-corrected chi connectivity index (χ0v) is 18.3. The number of benzene rings is 3. The summed E-state index contributed by atoms with van der Waals surface area (Å²) >= 11 is 0. The van der Waals surface area contributed by atoms with Gasteiger partial charge in [0.25, 0.3) is 0 Å². The fourth-order valence-electron chi connectivity index (χ4n) is 3.89. The van der Waals surface area contributed by atoms with Crippen molar-refractivity contribution in [1.82, 2.24) is 4.98 Å². The molecule has 33 heavy (non-hydrogen) atoms. The van der Waals surface area contributed by atoms with Crippen molar-refractivity contribution in [2.24, 2.45) is 15.9 Å². The van der Waals surface area contributed by atoms with Crippen molar-refractivity contribution in [3.8, 4) is 0 Å². The third kappa shape index (κ3) is 4.39. The van der Waals surface area contributed by atoms with Crippen LogP contribution in [0, 0.1) is 12.8 Å². The van der Waals surface area contributed by atoms with E-state index in [1.807, 2.05) is 92.7 Å². The first-order valence-electron chi connectivity index (χ1n) is 10.7. The fourth-order valence-corrected chi connectivity index (χ4v) is 3.89. The Bertz CT molecular complexity index is 1320. The lowest BCUT2D eigenvalue weighted by atomic mass is 9.87. The van der Waals surface area contributed by atoms with Gasteiger partial charge in [-0.05, 0) is 43.7 Å². The Balaban J connectivity index is 1.47. The standard InChI is InChI=1S/C26H23N5O2/c1-16-12-14-18(15-13-16)23-22(24(32)28-19-8-4-3-5-9-19)17(2)27-25(30-23)31-26-29-20-10-6-7-11-21(20)33-26/h3-15,22-23H,1-2H3,(H,28,32)(H,29,30,31). The number of nitrogens with zero attached hydrogens (tertiary/aromatic N) is 3. The number of aliphatic imine (C=N–C) groups is 2. The maximum absolute atomic E-state index is 13.3. The summed E-state index contributed by atoms with van der Waals surface area (Å²) in [5.41, 5.74) is 4.87. The molecule has 5 rings (SSSR count). The maximum Gasteiger partial charge on any atom is 0.302 e. The van der Waals surface area contributed by atoms with E-state index in [4.69, 9.17) is 9.41 Å². The van der Waals surface area contributed by atoms with Crippen LogP contribution in [0.25, 0.3) is 11.1 Å². The van der Waals surface area contributed by atoms with E-state index in [9.17, 15) is 4.79 Å². The van der Waals surface area contributed by atoms with Crippen LogP contribution >= 0.6 is 0 Å². The number of fused-ring (bicyclic) bond motifs is 1. The first-order chi connectivity index (χ1) is 16.1. The minimum absolute atomic E-state index is 0.155. The number of carbonyl (C=O) groups excluding carboxylic acids is 1. The zero-order valence-electron chi connectivity index (χ0n) is 18.3. The molecule has 1 aliphatic heterocycles. The predicted octanol–water partition coefficient (Wildman–Crippen LogP) is 5.37. The van der Waals surface area contributed by atoms with Crippen molar-refractivity contribution in [2.45, 2.75) is 19.9 Å². The van der Waals surface area contributed by atoms with E-state index < -0.39 is 12.0 Å². The highest BCUT2D eigenvalue weighted by molar-refractivity contribution is 6.15. The van der Waals surface area contributed by atoms with Gasteiger partial charge in [0, 0.05) is 11.4 Å². The van der Waals surface area contributed by atoms with Crippen molar-refractivity contribution in [3.05, 3.63) is 90.0 Å². The molecule has 1 aliphatic rings. The number of oxazole rings is 1. The first kappa shape index (κ1) is 20.6. The normalized spacial score (nSPS) is 17.9. The van der Waals surface area contributed by atoms with Crippen LogP contribution in [0.5, 0.6) is 0 Å². The number of hydrogen-bond donors (Lipinski definition) is 2. The number of aromatic nitrogens is 1. The summed E-state index contributed by atoms with van der Waals surface area (Å²) in [5, 5.41) is 6.07.